The van der Waals surface area contributed by atoms with E-state index in [2.05, 4.69) is 4.98 Å². The number of imidazole rings is 1. The van der Waals surface area contributed by atoms with Gasteiger partial charge in [0.1, 0.15) is 0 Å². The van der Waals surface area contributed by atoms with Crippen molar-refractivity contribution in [1.82, 2.24) is 9.55 Å². The fraction of sp³-hybridized carbons (Fsp3) is 0.571. The monoisotopic (exact) mass is 237 g/mol. The minimum Gasteiger partial charge on any atom is -0.395 e. The van der Waals surface area contributed by atoms with Gasteiger partial charge >= 0.3 is 0 Å². The summed E-state index contributed by atoms with van der Waals surface area (Å²) in [6.45, 7) is 0.00668. The Balaban J connectivity index is 0.000000423. The highest BCUT2D eigenvalue weighted by Crippen LogP contribution is 2.05. The first-order chi connectivity index (χ1) is 6.97. The van der Waals surface area contributed by atoms with Gasteiger partial charge in [-0.1, -0.05) is 0 Å². The maximum atomic E-state index is 8.66. The zero-order chi connectivity index (χ0) is 11.8. The largest absolute Gasteiger partial charge is 0.395 e. The smallest absolute Gasteiger partial charge is 0.291 e. The van der Waals surface area contributed by atoms with Crippen LogP contribution in [0.4, 0.5) is 0 Å². The highest BCUT2D eigenvalue weighted by Gasteiger charge is 2.06. The summed E-state index contributed by atoms with van der Waals surface area (Å²) in [6, 6.07) is 0. The van der Waals surface area contributed by atoms with E-state index in [0.717, 1.165) is 5.69 Å². The Morgan fingerprint density at radius 2 is 2.33 bits per heavy atom. The number of aliphatic hydroxyl groups excluding tert-OH is 1. The molecule has 1 aromatic rings. The topological polar surface area (TPSA) is 101 Å². The highest BCUT2D eigenvalue weighted by atomic mass is 35.5. The molecule has 0 aliphatic carbocycles. The van der Waals surface area contributed by atoms with Gasteiger partial charge in [-0.25, -0.2) is 4.98 Å². The Kier molecular flexibility index (Phi) is 6.39. The molecule has 1 atom stereocenters. The lowest BCUT2D eigenvalue weighted by Gasteiger charge is -2.04. The quantitative estimate of drug-likeness (QED) is 0.445. The zero-order valence-corrected chi connectivity index (χ0v) is 8.83. The molecule has 8 heteroatoms. The molecule has 15 heavy (non-hydrogen) atoms. The minimum absolute atomic E-state index is 0.00668. The van der Waals surface area contributed by atoms with Crippen molar-refractivity contribution in [3.05, 3.63) is 28.3 Å². The molecule has 0 radical (unpaired) electrons. The van der Waals surface area contributed by atoms with E-state index in [9.17, 15) is 0 Å². The van der Waals surface area contributed by atoms with Crippen molar-refractivity contribution in [2.45, 2.75) is 11.8 Å². The van der Waals surface area contributed by atoms with Crippen molar-refractivity contribution in [3.8, 4) is 0 Å². The van der Waals surface area contributed by atoms with E-state index in [1.807, 2.05) is 11.6 Å². The van der Waals surface area contributed by atoms with Crippen LogP contribution in [0.15, 0.2) is 12.5 Å². The summed E-state index contributed by atoms with van der Waals surface area (Å²) < 4.78 is 1.89. The van der Waals surface area contributed by atoms with Crippen LogP contribution >= 0.6 is 11.6 Å². The van der Waals surface area contributed by atoms with Crippen molar-refractivity contribution >= 4 is 11.6 Å². The van der Waals surface area contributed by atoms with Crippen LogP contribution in [0.5, 0.6) is 0 Å². The predicted octanol–water partition coefficient (Wildman–Crippen LogP) is 0.215. The van der Waals surface area contributed by atoms with Crippen LogP contribution in [-0.2, 0) is 13.5 Å². The molecule has 1 heterocycles. The molecular formula is C7H12ClN3O4. The van der Waals surface area contributed by atoms with E-state index in [-0.39, 0.29) is 12.0 Å². The van der Waals surface area contributed by atoms with Gasteiger partial charge in [-0.05, 0) is 0 Å². The molecule has 86 valence electrons. The van der Waals surface area contributed by atoms with E-state index < -0.39 is 5.09 Å². The molecule has 0 aromatic carbocycles. The number of aryl methyl sites for hydroxylation is 1. The number of nitrogens with zero attached hydrogens (tertiary/aromatic N) is 3. The molecule has 0 spiro atoms. The Hall–Kier alpha value is -1.34. The maximum absolute atomic E-state index is 8.66. The Morgan fingerprint density at radius 1 is 1.80 bits per heavy atom. The summed E-state index contributed by atoms with van der Waals surface area (Å²) in [7, 11) is 1.91. The van der Waals surface area contributed by atoms with Crippen LogP contribution in [-0.4, -0.2) is 36.9 Å². The first-order valence-electron chi connectivity index (χ1n) is 4.00. The molecule has 2 N–H and O–H groups in total. The summed E-state index contributed by atoms with van der Waals surface area (Å²) in [5, 5.41) is 22.1. The second kappa shape index (κ2) is 7.02. The summed E-state index contributed by atoms with van der Waals surface area (Å²) in [5.74, 6) is 0. The molecule has 7 nitrogen and oxygen atoms in total. The number of aliphatic hydroxyl groups is 1. The lowest BCUT2D eigenvalue weighted by atomic mass is 10.2. The second-order valence-corrected chi connectivity index (χ2v) is 3.33. The zero-order valence-electron chi connectivity index (χ0n) is 8.08. The molecule has 0 saturated heterocycles. The van der Waals surface area contributed by atoms with Crippen molar-refractivity contribution in [1.29, 1.82) is 0 Å². The minimum atomic E-state index is -1.50. The third kappa shape index (κ3) is 6.69. The van der Waals surface area contributed by atoms with Gasteiger partial charge in [-0.2, -0.15) is 0 Å². The summed E-state index contributed by atoms with van der Waals surface area (Å²) in [6.07, 6.45) is 4.13. The maximum Gasteiger partial charge on any atom is 0.291 e. The molecule has 0 aliphatic rings. The number of rotatable bonds is 3. The molecule has 0 unspecified atom stereocenters. The van der Waals surface area contributed by atoms with E-state index in [4.69, 9.17) is 32.0 Å². The first-order valence-corrected chi connectivity index (χ1v) is 4.44. The van der Waals surface area contributed by atoms with E-state index >= 15 is 0 Å². The number of hydrogen-bond acceptors (Lipinski definition) is 4. The van der Waals surface area contributed by atoms with E-state index in [1.165, 1.54) is 0 Å². The van der Waals surface area contributed by atoms with Crippen LogP contribution in [0, 0.1) is 10.1 Å². The lowest BCUT2D eigenvalue weighted by molar-refractivity contribution is -0.742. The summed E-state index contributed by atoms with van der Waals surface area (Å²) >= 11 is 5.74. The third-order valence-corrected chi connectivity index (χ3v) is 1.84. The number of alkyl halides is 1. The lowest BCUT2D eigenvalue weighted by Crippen LogP contribution is -2.10. The second-order valence-electron chi connectivity index (χ2n) is 2.72. The van der Waals surface area contributed by atoms with Gasteiger partial charge in [0.25, 0.3) is 5.09 Å². The molecule has 0 bridgehead atoms. The van der Waals surface area contributed by atoms with Crippen LogP contribution in [0.25, 0.3) is 0 Å². The standard InChI is InChI=1S/C7H11ClN2O.HNO3/c1-10-5-9-3-7(10)2-6(8)4-11;2-1(3)4/h3,5-6,11H,2,4H2,1H3;(H,2,3,4)/t6-;/m0./s1. The van der Waals surface area contributed by atoms with Crippen molar-refractivity contribution < 1.29 is 15.4 Å². The van der Waals surface area contributed by atoms with Crippen molar-refractivity contribution in [2.24, 2.45) is 7.05 Å². The first kappa shape index (κ1) is 13.7. The van der Waals surface area contributed by atoms with E-state index in [0.29, 0.717) is 6.42 Å². The van der Waals surface area contributed by atoms with Gasteiger partial charge in [0, 0.05) is 25.4 Å². The molecule has 0 fully saturated rings. The van der Waals surface area contributed by atoms with Crippen LogP contribution in [0.3, 0.4) is 0 Å². The average Bonchev–Trinajstić information content (AvgIpc) is 2.51. The highest BCUT2D eigenvalue weighted by molar-refractivity contribution is 6.20. The number of aromatic nitrogens is 2. The van der Waals surface area contributed by atoms with Crippen LogP contribution in [0.1, 0.15) is 5.69 Å². The number of halogens is 1. The predicted molar refractivity (Wildman–Crippen MR) is 52.4 cm³/mol. The van der Waals surface area contributed by atoms with Crippen LogP contribution in [0.2, 0.25) is 0 Å². The molecule has 1 rings (SSSR count). The molecule has 0 amide bonds. The van der Waals surface area contributed by atoms with Crippen molar-refractivity contribution in [3.63, 3.8) is 0 Å². The Labute approximate surface area is 91.0 Å². The fourth-order valence-electron chi connectivity index (χ4n) is 0.873. The van der Waals surface area contributed by atoms with Gasteiger partial charge in [0.15, 0.2) is 0 Å². The Morgan fingerprint density at radius 3 is 2.67 bits per heavy atom. The van der Waals surface area contributed by atoms with Gasteiger partial charge in [-0.3, -0.25) is 0 Å². The summed E-state index contributed by atoms with van der Waals surface area (Å²) in [4.78, 5) is 12.3. The van der Waals surface area contributed by atoms with Gasteiger partial charge < -0.3 is 14.9 Å². The van der Waals surface area contributed by atoms with Crippen LogP contribution < -0.4 is 0 Å². The average molecular weight is 238 g/mol. The van der Waals surface area contributed by atoms with Crippen molar-refractivity contribution in [2.75, 3.05) is 6.61 Å². The fourth-order valence-corrected chi connectivity index (χ4v) is 1.03. The van der Waals surface area contributed by atoms with Gasteiger partial charge in [0.05, 0.1) is 18.3 Å². The molecular weight excluding hydrogens is 226 g/mol. The number of hydrogen-bond donors (Lipinski definition) is 2. The molecule has 0 saturated carbocycles. The molecule has 1 aromatic heterocycles. The normalized spacial score (nSPS) is 11.4. The van der Waals surface area contributed by atoms with E-state index in [1.54, 1.807) is 12.5 Å². The molecule has 0 aliphatic heterocycles. The summed E-state index contributed by atoms with van der Waals surface area (Å²) in [5.41, 5.74) is 1.04. The SMILES string of the molecule is Cn1cncc1C[C@H](Cl)CO.O=[N+]([O-])O. The Bertz CT molecular complexity index is 300. The van der Waals surface area contributed by atoms with Gasteiger partial charge in [0.2, 0.25) is 0 Å². The van der Waals surface area contributed by atoms with Gasteiger partial charge in [-0.15, -0.1) is 21.7 Å². The third-order valence-electron chi connectivity index (χ3n) is 1.55.